The minimum atomic E-state index is 0.837. The number of aryl methyl sites for hydroxylation is 2. The Morgan fingerprint density at radius 1 is 1.24 bits per heavy atom. The SMILES string of the molecule is CCc1cc(NCC2CCCCC2)nc(C)n1. The van der Waals surface area contributed by atoms with E-state index >= 15 is 0 Å². The molecule has 0 atom stereocenters. The molecule has 0 amide bonds. The van der Waals surface area contributed by atoms with Crippen LogP contribution in [0, 0.1) is 12.8 Å². The van der Waals surface area contributed by atoms with Crippen LogP contribution in [0.25, 0.3) is 0 Å². The molecule has 1 saturated carbocycles. The summed E-state index contributed by atoms with van der Waals surface area (Å²) < 4.78 is 0. The molecule has 1 aromatic rings. The van der Waals surface area contributed by atoms with Crippen molar-refractivity contribution in [1.82, 2.24) is 9.97 Å². The monoisotopic (exact) mass is 233 g/mol. The Hall–Kier alpha value is -1.12. The molecule has 0 radical (unpaired) electrons. The van der Waals surface area contributed by atoms with E-state index < -0.39 is 0 Å². The molecule has 0 aromatic carbocycles. The average molecular weight is 233 g/mol. The van der Waals surface area contributed by atoms with Crippen molar-refractivity contribution in [2.75, 3.05) is 11.9 Å². The van der Waals surface area contributed by atoms with Gasteiger partial charge in [0, 0.05) is 18.3 Å². The maximum Gasteiger partial charge on any atom is 0.129 e. The minimum absolute atomic E-state index is 0.837. The van der Waals surface area contributed by atoms with Crippen LogP contribution in [-0.2, 0) is 6.42 Å². The van der Waals surface area contributed by atoms with Crippen molar-refractivity contribution in [3.05, 3.63) is 17.6 Å². The van der Waals surface area contributed by atoms with Crippen molar-refractivity contribution in [3.8, 4) is 0 Å². The van der Waals surface area contributed by atoms with Gasteiger partial charge in [0.1, 0.15) is 11.6 Å². The molecule has 0 bridgehead atoms. The van der Waals surface area contributed by atoms with Gasteiger partial charge in [-0.25, -0.2) is 9.97 Å². The van der Waals surface area contributed by atoms with Crippen molar-refractivity contribution in [3.63, 3.8) is 0 Å². The maximum atomic E-state index is 4.44. The van der Waals surface area contributed by atoms with Crippen molar-refractivity contribution in [1.29, 1.82) is 0 Å². The van der Waals surface area contributed by atoms with Gasteiger partial charge in [-0.05, 0) is 32.1 Å². The van der Waals surface area contributed by atoms with E-state index in [2.05, 4.69) is 28.3 Å². The third kappa shape index (κ3) is 3.69. The molecule has 1 aliphatic rings. The summed E-state index contributed by atoms with van der Waals surface area (Å²) >= 11 is 0. The number of hydrogen-bond donors (Lipinski definition) is 1. The molecule has 1 N–H and O–H groups in total. The summed E-state index contributed by atoms with van der Waals surface area (Å²) in [5.74, 6) is 2.71. The standard InChI is InChI=1S/C14H23N3/c1-3-13-9-14(17-11(2)16-13)15-10-12-7-5-4-6-8-12/h9,12H,3-8,10H2,1-2H3,(H,15,16,17). The molecule has 94 valence electrons. The quantitative estimate of drug-likeness (QED) is 0.866. The molecule has 3 heteroatoms. The molecule has 2 rings (SSSR count). The predicted octanol–water partition coefficient (Wildman–Crippen LogP) is 3.34. The molecular formula is C14H23N3. The molecule has 1 fully saturated rings. The second-order valence-electron chi connectivity index (χ2n) is 5.03. The fourth-order valence-corrected chi connectivity index (χ4v) is 2.54. The van der Waals surface area contributed by atoms with Gasteiger partial charge in [0.25, 0.3) is 0 Å². The molecule has 0 spiro atoms. The fourth-order valence-electron chi connectivity index (χ4n) is 2.54. The Balaban J connectivity index is 1.91. The van der Waals surface area contributed by atoms with Crippen molar-refractivity contribution < 1.29 is 0 Å². The fraction of sp³-hybridized carbons (Fsp3) is 0.714. The van der Waals surface area contributed by atoms with E-state index in [-0.39, 0.29) is 0 Å². The first-order chi connectivity index (χ1) is 8.28. The number of aromatic nitrogens is 2. The van der Waals surface area contributed by atoms with E-state index in [4.69, 9.17) is 0 Å². The zero-order chi connectivity index (χ0) is 12.1. The number of nitrogens with one attached hydrogen (secondary N) is 1. The largest absolute Gasteiger partial charge is 0.370 e. The summed E-state index contributed by atoms with van der Waals surface area (Å²) in [6, 6.07) is 2.08. The highest BCUT2D eigenvalue weighted by Crippen LogP contribution is 2.23. The Kier molecular flexibility index (Phi) is 4.35. The van der Waals surface area contributed by atoms with Crippen molar-refractivity contribution in [2.24, 2.45) is 5.92 Å². The predicted molar refractivity (Wildman–Crippen MR) is 71.2 cm³/mol. The maximum absolute atomic E-state index is 4.44. The van der Waals surface area contributed by atoms with Gasteiger partial charge in [0.05, 0.1) is 0 Å². The highest BCUT2D eigenvalue weighted by Gasteiger charge is 2.13. The van der Waals surface area contributed by atoms with E-state index in [1.807, 2.05) is 6.92 Å². The molecule has 1 aromatic heterocycles. The van der Waals surface area contributed by atoms with E-state index in [0.29, 0.717) is 0 Å². The van der Waals surface area contributed by atoms with Crippen LogP contribution >= 0.6 is 0 Å². The number of nitrogens with zero attached hydrogens (tertiary/aromatic N) is 2. The zero-order valence-electron chi connectivity index (χ0n) is 11.0. The second-order valence-corrected chi connectivity index (χ2v) is 5.03. The first kappa shape index (κ1) is 12.3. The van der Waals surface area contributed by atoms with Crippen molar-refractivity contribution >= 4 is 5.82 Å². The van der Waals surface area contributed by atoms with Crippen LogP contribution in [0.1, 0.15) is 50.5 Å². The van der Waals surface area contributed by atoms with E-state index in [9.17, 15) is 0 Å². The topological polar surface area (TPSA) is 37.8 Å². The van der Waals surface area contributed by atoms with Crippen LogP contribution in [0.5, 0.6) is 0 Å². The first-order valence-electron chi connectivity index (χ1n) is 6.86. The molecule has 0 saturated heterocycles. The molecule has 0 aliphatic heterocycles. The first-order valence-corrected chi connectivity index (χ1v) is 6.86. The summed E-state index contributed by atoms with van der Waals surface area (Å²) in [5.41, 5.74) is 1.13. The van der Waals surface area contributed by atoms with Crippen LogP contribution in [-0.4, -0.2) is 16.5 Å². The van der Waals surface area contributed by atoms with Gasteiger partial charge in [-0.15, -0.1) is 0 Å². The van der Waals surface area contributed by atoms with Crippen LogP contribution in [0.2, 0.25) is 0 Å². The molecule has 1 heterocycles. The number of anilines is 1. The van der Waals surface area contributed by atoms with Crippen LogP contribution < -0.4 is 5.32 Å². The van der Waals surface area contributed by atoms with Gasteiger partial charge in [-0.3, -0.25) is 0 Å². The summed E-state index contributed by atoms with van der Waals surface area (Å²) in [7, 11) is 0. The highest BCUT2D eigenvalue weighted by molar-refractivity contribution is 5.36. The summed E-state index contributed by atoms with van der Waals surface area (Å²) in [5, 5.41) is 3.48. The van der Waals surface area contributed by atoms with Crippen LogP contribution in [0.4, 0.5) is 5.82 Å². The average Bonchev–Trinajstić information content (AvgIpc) is 2.37. The van der Waals surface area contributed by atoms with E-state index in [1.54, 1.807) is 0 Å². The molecular weight excluding hydrogens is 210 g/mol. The van der Waals surface area contributed by atoms with E-state index in [0.717, 1.165) is 36.2 Å². The number of rotatable bonds is 4. The van der Waals surface area contributed by atoms with Gasteiger partial charge in [0.2, 0.25) is 0 Å². The van der Waals surface area contributed by atoms with Gasteiger partial charge >= 0.3 is 0 Å². The Morgan fingerprint density at radius 2 is 2.00 bits per heavy atom. The normalized spacial score (nSPS) is 17.1. The summed E-state index contributed by atoms with van der Waals surface area (Å²) in [6.07, 6.45) is 7.94. The lowest BCUT2D eigenvalue weighted by atomic mass is 9.89. The Morgan fingerprint density at radius 3 is 2.71 bits per heavy atom. The smallest absolute Gasteiger partial charge is 0.129 e. The van der Waals surface area contributed by atoms with Crippen LogP contribution in [0.3, 0.4) is 0 Å². The van der Waals surface area contributed by atoms with E-state index in [1.165, 1.54) is 32.1 Å². The lowest BCUT2D eigenvalue weighted by Crippen LogP contribution is -2.18. The van der Waals surface area contributed by atoms with Gasteiger partial charge in [0.15, 0.2) is 0 Å². The van der Waals surface area contributed by atoms with Crippen molar-refractivity contribution in [2.45, 2.75) is 52.4 Å². The third-order valence-corrected chi connectivity index (χ3v) is 3.55. The zero-order valence-corrected chi connectivity index (χ0v) is 11.0. The molecule has 0 unspecified atom stereocenters. The Bertz CT molecular complexity index is 356. The van der Waals surface area contributed by atoms with Gasteiger partial charge in [-0.1, -0.05) is 26.2 Å². The summed E-state index contributed by atoms with van der Waals surface area (Å²) in [6.45, 7) is 5.16. The lowest BCUT2D eigenvalue weighted by Gasteiger charge is -2.22. The second kappa shape index (κ2) is 5.99. The highest BCUT2D eigenvalue weighted by atomic mass is 15.0. The lowest BCUT2D eigenvalue weighted by molar-refractivity contribution is 0.373. The van der Waals surface area contributed by atoms with Gasteiger partial charge < -0.3 is 5.32 Å². The van der Waals surface area contributed by atoms with Gasteiger partial charge in [-0.2, -0.15) is 0 Å². The molecule has 1 aliphatic carbocycles. The van der Waals surface area contributed by atoms with Crippen LogP contribution in [0.15, 0.2) is 6.07 Å². The third-order valence-electron chi connectivity index (χ3n) is 3.55. The summed E-state index contributed by atoms with van der Waals surface area (Å²) in [4.78, 5) is 8.84. The molecule has 17 heavy (non-hydrogen) atoms. The Labute approximate surface area is 104 Å². The number of hydrogen-bond acceptors (Lipinski definition) is 3. The molecule has 3 nitrogen and oxygen atoms in total. The minimum Gasteiger partial charge on any atom is -0.370 e.